The zero-order valence-corrected chi connectivity index (χ0v) is 14.5. The lowest BCUT2D eigenvalue weighted by Crippen LogP contribution is -1.97. The highest BCUT2D eigenvalue weighted by Gasteiger charge is 2.02. The van der Waals surface area contributed by atoms with Crippen molar-refractivity contribution in [1.29, 1.82) is 0 Å². The van der Waals surface area contributed by atoms with Crippen LogP contribution < -0.4 is 0 Å². The Morgan fingerprint density at radius 3 is 2.19 bits per heavy atom. The van der Waals surface area contributed by atoms with Gasteiger partial charge in [0, 0.05) is 11.9 Å². The number of rotatable bonds is 9. The Kier molecular flexibility index (Phi) is 10.2. The first kappa shape index (κ1) is 19.4. The number of nitrogens with zero attached hydrogens (tertiary/aromatic N) is 1. The van der Waals surface area contributed by atoms with Crippen molar-refractivity contribution >= 4 is 5.71 Å². The SMILES string of the molecule is C=C/N=C(C)/C(/C=C(\C)CCCCC)=C/C(=C\C)C(=C)C. The third-order valence-electron chi connectivity index (χ3n) is 3.39. The Hall–Kier alpha value is -1.63. The second-order valence-electron chi connectivity index (χ2n) is 5.47. The van der Waals surface area contributed by atoms with Gasteiger partial charge in [0.25, 0.3) is 0 Å². The van der Waals surface area contributed by atoms with Crippen molar-refractivity contribution in [3.8, 4) is 0 Å². The molecule has 0 spiro atoms. The molecule has 0 aromatic rings. The largest absolute Gasteiger partial charge is 0.262 e. The van der Waals surface area contributed by atoms with Crippen LogP contribution in [0.4, 0.5) is 0 Å². The van der Waals surface area contributed by atoms with Crippen LogP contribution in [0.25, 0.3) is 0 Å². The average Bonchev–Trinajstić information content (AvgIpc) is 2.43. The lowest BCUT2D eigenvalue weighted by molar-refractivity contribution is 0.713. The molecule has 0 bridgehead atoms. The number of unbranched alkanes of at least 4 members (excludes halogenated alkanes) is 2. The number of aliphatic imine (C=N–C) groups is 1. The summed E-state index contributed by atoms with van der Waals surface area (Å²) in [6, 6.07) is 0. The minimum absolute atomic E-state index is 0.987. The van der Waals surface area contributed by atoms with E-state index in [4.69, 9.17) is 0 Å². The predicted octanol–water partition coefficient (Wildman–Crippen LogP) is 6.57. The summed E-state index contributed by atoms with van der Waals surface area (Å²) in [5.41, 5.74) is 5.74. The summed E-state index contributed by atoms with van der Waals surface area (Å²) in [6.07, 6.45) is 13.0. The molecule has 21 heavy (non-hydrogen) atoms. The summed E-state index contributed by atoms with van der Waals surface area (Å²) in [4.78, 5) is 4.33. The third kappa shape index (κ3) is 8.29. The van der Waals surface area contributed by atoms with Crippen LogP contribution >= 0.6 is 0 Å². The molecule has 0 aliphatic heterocycles. The molecule has 0 unspecified atom stereocenters. The van der Waals surface area contributed by atoms with Gasteiger partial charge < -0.3 is 0 Å². The zero-order valence-electron chi connectivity index (χ0n) is 14.5. The van der Waals surface area contributed by atoms with E-state index in [-0.39, 0.29) is 0 Å². The van der Waals surface area contributed by atoms with E-state index in [2.05, 4.69) is 50.2 Å². The fourth-order valence-electron chi connectivity index (χ4n) is 2.07. The normalized spacial score (nSPS) is 14.3. The van der Waals surface area contributed by atoms with E-state index in [0.717, 1.165) is 28.9 Å². The van der Waals surface area contributed by atoms with E-state index < -0.39 is 0 Å². The summed E-state index contributed by atoms with van der Waals surface area (Å²) in [7, 11) is 0. The summed E-state index contributed by atoms with van der Waals surface area (Å²) in [5, 5.41) is 0. The fraction of sp³-hybridized carbons (Fsp3) is 0.450. The first-order chi connectivity index (χ1) is 9.96. The van der Waals surface area contributed by atoms with Crippen LogP contribution in [-0.2, 0) is 0 Å². The molecule has 0 aliphatic rings. The molecule has 0 rings (SSSR count). The predicted molar refractivity (Wildman–Crippen MR) is 97.9 cm³/mol. The molecule has 1 nitrogen and oxygen atoms in total. The van der Waals surface area contributed by atoms with E-state index in [0.29, 0.717) is 0 Å². The standard InChI is InChI=1S/C20H31N/c1-8-11-12-13-17(6)14-20(18(7)21-10-3)15-19(9-2)16(4)5/h9-10,14-15H,3-4,8,11-13H2,1-2,5-7H3/b17-14+,19-9+,20-15+,21-18+. The van der Waals surface area contributed by atoms with Crippen molar-refractivity contribution in [2.24, 2.45) is 4.99 Å². The van der Waals surface area contributed by atoms with Crippen molar-refractivity contribution in [3.63, 3.8) is 0 Å². The summed E-state index contributed by atoms with van der Waals surface area (Å²) in [6.45, 7) is 18.2. The van der Waals surface area contributed by atoms with Crippen LogP contribution in [0.5, 0.6) is 0 Å². The highest BCUT2D eigenvalue weighted by Crippen LogP contribution is 2.17. The monoisotopic (exact) mass is 285 g/mol. The molecular formula is C20H31N. The van der Waals surface area contributed by atoms with Crippen LogP contribution in [0.15, 0.2) is 64.9 Å². The Balaban J connectivity index is 5.39. The Morgan fingerprint density at radius 2 is 1.71 bits per heavy atom. The average molecular weight is 285 g/mol. The lowest BCUT2D eigenvalue weighted by atomic mass is 9.99. The first-order valence-corrected chi connectivity index (χ1v) is 7.82. The molecular weight excluding hydrogens is 254 g/mol. The molecule has 0 atom stereocenters. The Morgan fingerprint density at radius 1 is 1.05 bits per heavy atom. The number of hydrogen-bond acceptors (Lipinski definition) is 1. The van der Waals surface area contributed by atoms with Crippen molar-refractivity contribution in [3.05, 3.63) is 59.9 Å². The molecule has 0 saturated carbocycles. The molecule has 0 aliphatic carbocycles. The molecule has 1 heteroatoms. The van der Waals surface area contributed by atoms with Crippen molar-refractivity contribution < 1.29 is 0 Å². The zero-order chi connectivity index (χ0) is 16.3. The minimum atomic E-state index is 0.987. The maximum absolute atomic E-state index is 4.33. The van der Waals surface area contributed by atoms with Gasteiger partial charge in [-0.05, 0) is 57.8 Å². The fourth-order valence-corrected chi connectivity index (χ4v) is 2.07. The van der Waals surface area contributed by atoms with Gasteiger partial charge in [-0.3, -0.25) is 4.99 Å². The van der Waals surface area contributed by atoms with E-state index in [1.807, 2.05) is 20.8 Å². The Bertz CT molecular complexity index is 470. The Labute approximate surface area is 131 Å². The van der Waals surface area contributed by atoms with Gasteiger partial charge in [0.05, 0.1) is 0 Å². The summed E-state index contributed by atoms with van der Waals surface area (Å²) >= 11 is 0. The maximum atomic E-state index is 4.33. The maximum Gasteiger partial charge on any atom is 0.0444 e. The second-order valence-corrected chi connectivity index (χ2v) is 5.47. The van der Waals surface area contributed by atoms with Crippen molar-refractivity contribution in [1.82, 2.24) is 0 Å². The van der Waals surface area contributed by atoms with Gasteiger partial charge >= 0.3 is 0 Å². The molecule has 0 heterocycles. The minimum Gasteiger partial charge on any atom is -0.262 e. The van der Waals surface area contributed by atoms with Crippen molar-refractivity contribution in [2.45, 2.75) is 60.3 Å². The lowest BCUT2D eigenvalue weighted by Gasteiger charge is -2.08. The molecule has 0 radical (unpaired) electrons. The quantitative estimate of drug-likeness (QED) is 0.258. The van der Waals surface area contributed by atoms with Gasteiger partial charge in [0.1, 0.15) is 0 Å². The molecule has 0 aromatic heterocycles. The van der Waals surface area contributed by atoms with E-state index in [1.54, 1.807) is 6.20 Å². The van der Waals surface area contributed by atoms with Crippen LogP contribution in [0.3, 0.4) is 0 Å². The van der Waals surface area contributed by atoms with Gasteiger partial charge in [-0.25, -0.2) is 0 Å². The second kappa shape index (κ2) is 11.1. The molecule has 116 valence electrons. The molecule has 0 fully saturated rings. The van der Waals surface area contributed by atoms with Crippen LogP contribution in [0, 0.1) is 0 Å². The van der Waals surface area contributed by atoms with Gasteiger partial charge in [0.15, 0.2) is 0 Å². The van der Waals surface area contributed by atoms with Crippen LogP contribution in [0.2, 0.25) is 0 Å². The molecule has 0 amide bonds. The molecule has 0 saturated heterocycles. The summed E-state index contributed by atoms with van der Waals surface area (Å²) in [5.74, 6) is 0. The molecule has 0 N–H and O–H groups in total. The van der Waals surface area contributed by atoms with Gasteiger partial charge in [0.2, 0.25) is 0 Å². The van der Waals surface area contributed by atoms with E-state index in [9.17, 15) is 0 Å². The number of hydrogen-bond donors (Lipinski definition) is 0. The summed E-state index contributed by atoms with van der Waals surface area (Å²) < 4.78 is 0. The molecule has 0 aromatic carbocycles. The van der Waals surface area contributed by atoms with Gasteiger partial charge in [-0.15, -0.1) is 0 Å². The van der Waals surface area contributed by atoms with Crippen molar-refractivity contribution in [2.75, 3.05) is 0 Å². The van der Waals surface area contributed by atoms with E-state index >= 15 is 0 Å². The topological polar surface area (TPSA) is 12.4 Å². The van der Waals surface area contributed by atoms with Gasteiger partial charge in [-0.2, -0.15) is 0 Å². The smallest absolute Gasteiger partial charge is 0.0444 e. The number of allylic oxidation sites excluding steroid dienone is 7. The van der Waals surface area contributed by atoms with E-state index in [1.165, 1.54) is 24.8 Å². The first-order valence-electron chi connectivity index (χ1n) is 7.82. The van der Waals surface area contributed by atoms with Crippen LogP contribution in [-0.4, -0.2) is 5.71 Å². The highest BCUT2D eigenvalue weighted by atomic mass is 14.7. The van der Waals surface area contributed by atoms with Gasteiger partial charge in [-0.1, -0.05) is 56.2 Å². The third-order valence-corrected chi connectivity index (χ3v) is 3.39. The highest BCUT2D eigenvalue weighted by molar-refractivity contribution is 6.01. The van der Waals surface area contributed by atoms with Crippen LogP contribution in [0.1, 0.15) is 60.3 Å².